The number of alkyl halides is 2. The lowest BCUT2D eigenvalue weighted by Gasteiger charge is -2.04. The molecule has 0 aliphatic heterocycles. The molecule has 0 spiro atoms. The SMILES string of the molecule is C[C@@H]1CC(F)(F)C[C@@H]1O. The molecule has 9 heavy (non-hydrogen) atoms. The molecule has 1 nitrogen and oxygen atoms in total. The maximum Gasteiger partial charge on any atom is 0.251 e. The van der Waals surface area contributed by atoms with Gasteiger partial charge >= 0.3 is 0 Å². The molecule has 1 fully saturated rings. The third-order valence-electron chi connectivity index (χ3n) is 1.79. The van der Waals surface area contributed by atoms with Crippen LogP contribution in [0.4, 0.5) is 8.78 Å². The Morgan fingerprint density at radius 1 is 1.44 bits per heavy atom. The van der Waals surface area contributed by atoms with Crippen molar-refractivity contribution in [1.82, 2.24) is 0 Å². The molecule has 0 heterocycles. The normalized spacial score (nSPS) is 41.3. The second-order valence-electron chi connectivity index (χ2n) is 2.81. The molecule has 0 saturated heterocycles. The number of aliphatic hydroxyl groups is 1. The fourth-order valence-electron chi connectivity index (χ4n) is 1.20. The van der Waals surface area contributed by atoms with Crippen molar-refractivity contribution in [2.24, 2.45) is 5.92 Å². The molecule has 1 saturated carbocycles. The van der Waals surface area contributed by atoms with Crippen LogP contribution in [0.25, 0.3) is 0 Å². The Balaban J connectivity index is 2.54. The summed E-state index contributed by atoms with van der Waals surface area (Å²) in [5.74, 6) is -2.85. The van der Waals surface area contributed by atoms with E-state index in [1.807, 2.05) is 0 Å². The molecule has 0 aromatic rings. The quantitative estimate of drug-likeness (QED) is 0.533. The largest absolute Gasteiger partial charge is 0.393 e. The summed E-state index contributed by atoms with van der Waals surface area (Å²) in [7, 11) is 0. The number of hydrogen-bond acceptors (Lipinski definition) is 1. The molecule has 2 atom stereocenters. The van der Waals surface area contributed by atoms with Crippen molar-refractivity contribution in [1.29, 1.82) is 0 Å². The van der Waals surface area contributed by atoms with Crippen LogP contribution >= 0.6 is 0 Å². The highest BCUT2D eigenvalue weighted by molar-refractivity contribution is 4.85. The predicted octanol–water partition coefficient (Wildman–Crippen LogP) is 1.41. The number of halogens is 2. The van der Waals surface area contributed by atoms with Crippen LogP contribution in [-0.2, 0) is 0 Å². The molecule has 0 aromatic heterocycles. The van der Waals surface area contributed by atoms with E-state index in [2.05, 4.69) is 0 Å². The number of rotatable bonds is 0. The van der Waals surface area contributed by atoms with Crippen LogP contribution in [0.1, 0.15) is 19.8 Å². The first-order valence-corrected chi connectivity index (χ1v) is 3.07. The van der Waals surface area contributed by atoms with E-state index in [1.54, 1.807) is 6.92 Å². The highest BCUT2D eigenvalue weighted by Crippen LogP contribution is 2.38. The zero-order valence-electron chi connectivity index (χ0n) is 5.27. The second kappa shape index (κ2) is 1.90. The summed E-state index contributed by atoms with van der Waals surface area (Å²) >= 11 is 0. The monoisotopic (exact) mass is 136 g/mol. The summed E-state index contributed by atoms with van der Waals surface area (Å²) in [5, 5.41) is 8.85. The summed E-state index contributed by atoms with van der Waals surface area (Å²) < 4.78 is 24.6. The molecular weight excluding hydrogens is 126 g/mol. The van der Waals surface area contributed by atoms with Crippen molar-refractivity contribution < 1.29 is 13.9 Å². The zero-order valence-corrected chi connectivity index (χ0v) is 5.27. The lowest BCUT2D eigenvalue weighted by Crippen LogP contribution is -2.11. The van der Waals surface area contributed by atoms with E-state index in [9.17, 15) is 8.78 Å². The third kappa shape index (κ3) is 1.39. The Bertz CT molecular complexity index is 102. The van der Waals surface area contributed by atoms with Gasteiger partial charge < -0.3 is 5.11 Å². The molecule has 0 unspecified atom stereocenters. The van der Waals surface area contributed by atoms with Crippen molar-refractivity contribution in [2.75, 3.05) is 0 Å². The van der Waals surface area contributed by atoms with Gasteiger partial charge in [-0.05, 0) is 5.92 Å². The second-order valence-corrected chi connectivity index (χ2v) is 2.81. The first-order valence-electron chi connectivity index (χ1n) is 3.07. The summed E-state index contributed by atoms with van der Waals surface area (Å²) in [6.45, 7) is 1.64. The van der Waals surface area contributed by atoms with Crippen LogP contribution in [0, 0.1) is 5.92 Å². The van der Waals surface area contributed by atoms with Gasteiger partial charge in [-0.15, -0.1) is 0 Å². The summed E-state index contributed by atoms with van der Waals surface area (Å²) in [6, 6.07) is 0. The van der Waals surface area contributed by atoms with Gasteiger partial charge in [0.2, 0.25) is 0 Å². The Morgan fingerprint density at radius 2 is 2.00 bits per heavy atom. The molecule has 1 rings (SSSR count). The molecule has 0 amide bonds. The average molecular weight is 136 g/mol. The summed E-state index contributed by atoms with van der Waals surface area (Å²) in [4.78, 5) is 0. The zero-order chi connectivity index (χ0) is 7.07. The van der Waals surface area contributed by atoms with E-state index in [4.69, 9.17) is 5.11 Å². The van der Waals surface area contributed by atoms with Gasteiger partial charge in [-0.2, -0.15) is 0 Å². The van der Waals surface area contributed by atoms with Gasteiger partial charge in [0, 0.05) is 12.8 Å². The average Bonchev–Trinajstić information content (AvgIpc) is 1.79. The molecule has 54 valence electrons. The van der Waals surface area contributed by atoms with Gasteiger partial charge in [-0.25, -0.2) is 8.78 Å². The minimum atomic E-state index is -2.61. The minimum Gasteiger partial charge on any atom is -0.393 e. The van der Waals surface area contributed by atoms with Crippen LogP contribution in [-0.4, -0.2) is 17.1 Å². The van der Waals surface area contributed by atoms with Crippen LogP contribution in [0.5, 0.6) is 0 Å². The smallest absolute Gasteiger partial charge is 0.251 e. The van der Waals surface area contributed by atoms with Gasteiger partial charge in [-0.1, -0.05) is 6.92 Å². The van der Waals surface area contributed by atoms with Gasteiger partial charge in [-0.3, -0.25) is 0 Å². The number of aliphatic hydroxyl groups excluding tert-OH is 1. The maximum atomic E-state index is 12.3. The molecule has 1 N–H and O–H groups in total. The van der Waals surface area contributed by atoms with Gasteiger partial charge in [0.1, 0.15) is 0 Å². The van der Waals surface area contributed by atoms with Crippen LogP contribution in [0.3, 0.4) is 0 Å². The standard InChI is InChI=1S/C6H10F2O/c1-4-2-6(7,8)3-5(4)9/h4-5,9H,2-3H2,1H3/t4-,5+/m1/s1. The highest BCUT2D eigenvalue weighted by atomic mass is 19.3. The van der Waals surface area contributed by atoms with Gasteiger partial charge in [0.15, 0.2) is 0 Å². The first-order chi connectivity index (χ1) is 4.01. The van der Waals surface area contributed by atoms with E-state index >= 15 is 0 Å². The molecule has 0 aromatic carbocycles. The third-order valence-corrected chi connectivity index (χ3v) is 1.79. The van der Waals surface area contributed by atoms with Crippen LogP contribution in [0.2, 0.25) is 0 Å². The minimum absolute atomic E-state index is 0.159. The molecule has 1 aliphatic rings. The lowest BCUT2D eigenvalue weighted by atomic mass is 10.1. The van der Waals surface area contributed by atoms with E-state index < -0.39 is 12.0 Å². The van der Waals surface area contributed by atoms with E-state index in [-0.39, 0.29) is 18.8 Å². The van der Waals surface area contributed by atoms with Crippen molar-refractivity contribution in [3.8, 4) is 0 Å². The maximum absolute atomic E-state index is 12.3. The van der Waals surface area contributed by atoms with E-state index in [0.29, 0.717) is 0 Å². The van der Waals surface area contributed by atoms with Crippen molar-refractivity contribution >= 4 is 0 Å². The molecule has 3 heteroatoms. The van der Waals surface area contributed by atoms with Crippen LogP contribution < -0.4 is 0 Å². The van der Waals surface area contributed by atoms with E-state index in [1.165, 1.54) is 0 Å². The van der Waals surface area contributed by atoms with Crippen molar-refractivity contribution in [3.63, 3.8) is 0 Å². The lowest BCUT2D eigenvalue weighted by molar-refractivity contribution is -0.00377. The van der Waals surface area contributed by atoms with Gasteiger partial charge in [0.05, 0.1) is 6.10 Å². The van der Waals surface area contributed by atoms with Crippen molar-refractivity contribution in [3.05, 3.63) is 0 Å². The Kier molecular flexibility index (Phi) is 1.47. The molecule has 0 radical (unpaired) electrons. The topological polar surface area (TPSA) is 20.2 Å². The highest BCUT2D eigenvalue weighted by Gasteiger charge is 2.43. The summed E-state index contributed by atoms with van der Waals surface area (Å²) in [5.41, 5.74) is 0. The van der Waals surface area contributed by atoms with Crippen molar-refractivity contribution in [2.45, 2.75) is 31.8 Å². The molecule has 1 aliphatic carbocycles. The number of hydrogen-bond donors (Lipinski definition) is 1. The molecule has 0 bridgehead atoms. The molecular formula is C6H10F2O. The first kappa shape index (κ1) is 6.93. The van der Waals surface area contributed by atoms with E-state index in [0.717, 1.165) is 0 Å². The Hall–Kier alpha value is -0.180. The van der Waals surface area contributed by atoms with Gasteiger partial charge in [0.25, 0.3) is 5.92 Å². The predicted molar refractivity (Wildman–Crippen MR) is 29.4 cm³/mol. The van der Waals surface area contributed by atoms with Crippen LogP contribution in [0.15, 0.2) is 0 Å². The summed E-state index contributed by atoms with van der Waals surface area (Å²) in [6.07, 6.45) is -1.30. The fraction of sp³-hybridized carbons (Fsp3) is 1.00. The Morgan fingerprint density at radius 3 is 2.11 bits per heavy atom. The fourth-order valence-corrected chi connectivity index (χ4v) is 1.20. The Labute approximate surface area is 52.7 Å².